The van der Waals surface area contributed by atoms with Crippen LogP contribution in [0.2, 0.25) is 10.0 Å². The molecule has 0 atom stereocenters. The van der Waals surface area contributed by atoms with Crippen molar-refractivity contribution in [2.75, 3.05) is 12.4 Å². The molecular formula is C17H13Cl2N3O3S. The van der Waals surface area contributed by atoms with E-state index in [0.717, 1.165) is 11.3 Å². The van der Waals surface area contributed by atoms with Gasteiger partial charge in [-0.15, -0.1) is 11.3 Å². The fraction of sp³-hybridized carbons (Fsp3) is 0.118. The van der Waals surface area contributed by atoms with E-state index in [9.17, 15) is 9.59 Å². The highest BCUT2D eigenvalue weighted by molar-refractivity contribution is 7.14. The molecule has 26 heavy (non-hydrogen) atoms. The van der Waals surface area contributed by atoms with Gasteiger partial charge in [0.15, 0.2) is 5.13 Å². The van der Waals surface area contributed by atoms with Gasteiger partial charge in [0, 0.05) is 17.5 Å². The lowest BCUT2D eigenvalue weighted by Gasteiger charge is -2.13. The SMILES string of the molecule is CN(Cc1ccco1)C(=O)c1csc(NC(=O)c2ccc(Cl)cc2Cl)n1. The largest absolute Gasteiger partial charge is 0.467 e. The Balaban J connectivity index is 1.67. The summed E-state index contributed by atoms with van der Waals surface area (Å²) in [5.41, 5.74) is 0.510. The van der Waals surface area contributed by atoms with Gasteiger partial charge in [-0.1, -0.05) is 23.2 Å². The van der Waals surface area contributed by atoms with Gasteiger partial charge in [0.25, 0.3) is 11.8 Å². The maximum absolute atomic E-state index is 12.4. The van der Waals surface area contributed by atoms with Crippen molar-refractivity contribution in [3.63, 3.8) is 0 Å². The number of nitrogens with zero attached hydrogens (tertiary/aromatic N) is 2. The minimum absolute atomic E-state index is 0.237. The highest BCUT2D eigenvalue weighted by Crippen LogP contribution is 2.23. The summed E-state index contributed by atoms with van der Waals surface area (Å²) >= 11 is 13.0. The first kappa shape index (κ1) is 18.4. The van der Waals surface area contributed by atoms with Crippen LogP contribution in [-0.2, 0) is 6.54 Å². The van der Waals surface area contributed by atoms with E-state index in [2.05, 4.69) is 10.3 Å². The zero-order valence-electron chi connectivity index (χ0n) is 13.5. The first-order valence-electron chi connectivity index (χ1n) is 7.44. The molecule has 0 aliphatic carbocycles. The molecule has 3 aromatic rings. The summed E-state index contributed by atoms with van der Waals surface area (Å²) in [7, 11) is 1.65. The second-order valence-electron chi connectivity index (χ2n) is 5.36. The van der Waals surface area contributed by atoms with E-state index in [1.807, 2.05) is 0 Å². The van der Waals surface area contributed by atoms with Gasteiger partial charge >= 0.3 is 0 Å². The molecule has 0 bridgehead atoms. The van der Waals surface area contributed by atoms with Crippen LogP contribution in [-0.4, -0.2) is 28.7 Å². The molecule has 0 radical (unpaired) electrons. The molecule has 0 unspecified atom stereocenters. The number of hydrogen-bond donors (Lipinski definition) is 1. The number of halogens is 2. The Morgan fingerprint density at radius 2 is 2.12 bits per heavy atom. The number of carbonyl (C=O) groups is 2. The summed E-state index contributed by atoms with van der Waals surface area (Å²) < 4.78 is 5.23. The maximum Gasteiger partial charge on any atom is 0.273 e. The second kappa shape index (κ2) is 7.90. The number of carbonyl (C=O) groups excluding carboxylic acids is 2. The summed E-state index contributed by atoms with van der Waals surface area (Å²) in [6.45, 7) is 0.325. The van der Waals surface area contributed by atoms with Crippen molar-refractivity contribution in [3.05, 3.63) is 69.0 Å². The average molecular weight is 410 g/mol. The van der Waals surface area contributed by atoms with Crippen LogP contribution in [0.4, 0.5) is 5.13 Å². The van der Waals surface area contributed by atoms with Crippen molar-refractivity contribution >= 4 is 51.5 Å². The van der Waals surface area contributed by atoms with Crippen molar-refractivity contribution in [2.45, 2.75) is 6.54 Å². The van der Waals surface area contributed by atoms with Crippen LogP contribution >= 0.6 is 34.5 Å². The Hall–Kier alpha value is -2.35. The topological polar surface area (TPSA) is 75.4 Å². The fourth-order valence-corrected chi connectivity index (χ4v) is 3.34. The van der Waals surface area contributed by atoms with Crippen molar-refractivity contribution in [1.29, 1.82) is 0 Å². The van der Waals surface area contributed by atoms with Gasteiger partial charge in [0.2, 0.25) is 0 Å². The van der Waals surface area contributed by atoms with Gasteiger partial charge in [-0.05, 0) is 30.3 Å². The number of furan rings is 1. The van der Waals surface area contributed by atoms with Crippen LogP contribution in [0.25, 0.3) is 0 Å². The number of amides is 2. The Labute approximate surface area is 163 Å². The normalized spacial score (nSPS) is 10.6. The molecule has 0 saturated carbocycles. The van der Waals surface area contributed by atoms with Gasteiger partial charge in [-0.2, -0.15) is 0 Å². The summed E-state index contributed by atoms with van der Waals surface area (Å²) in [5.74, 6) is -0.0337. The van der Waals surface area contributed by atoms with E-state index in [1.165, 1.54) is 17.0 Å². The molecule has 0 fully saturated rings. The molecule has 0 spiro atoms. The molecule has 0 aliphatic heterocycles. The summed E-state index contributed by atoms with van der Waals surface area (Å²) in [6.07, 6.45) is 1.55. The summed E-state index contributed by atoms with van der Waals surface area (Å²) in [6, 6.07) is 8.12. The van der Waals surface area contributed by atoms with Gasteiger partial charge in [0.1, 0.15) is 11.5 Å². The highest BCUT2D eigenvalue weighted by atomic mass is 35.5. The third-order valence-corrected chi connectivity index (χ3v) is 4.74. The summed E-state index contributed by atoms with van der Waals surface area (Å²) in [4.78, 5) is 30.4. The van der Waals surface area contributed by atoms with Crippen molar-refractivity contribution in [1.82, 2.24) is 9.88 Å². The van der Waals surface area contributed by atoms with Crippen LogP contribution in [0.15, 0.2) is 46.4 Å². The minimum atomic E-state index is -0.427. The van der Waals surface area contributed by atoms with Crippen LogP contribution in [0.1, 0.15) is 26.6 Å². The molecule has 9 heteroatoms. The lowest BCUT2D eigenvalue weighted by atomic mass is 10.2. The van der Waals surface area contributed by atoms with Crippen molar-refractivity contribution < 1.29 is 14.0 Å². The molecule has 3 rings (SSSR count). The number of benzene rings is 1. The van der Waals surface area contributed by atoms with Crippen LogP contribution in [0.5, 0.6) is 0 Å². The Bertz CT molecular complexity index is 941. The third-order valence-electron chi connectivity index (χ3n) is 3.44. The summed E-state index contributed by atoms with van der Waals surface area (Å²) in [5, 5.41) is 5.19. The van der Waals surface area contributed by atoms with E-state index in [0.29, 0.717) is 22.5 Å². The number of hydrogen-bond acceptors (Lipinski definition) is 5. The Morgan fingerprint density at radius 1 is 1.31 bits per heavy atom. The predicted molar refractivity (Wildman–Crippen MR) is 101 cm³/mol. The second-order valence-corrected chi connectivity index (χ2v) is 7.06. The molecule has 0 saturated heterocycles. The van der Waals surface area contributed by atoms with Crippen molar-refractivity contribution in [3.8, 4) is 0 Å². The first-order chi connectivity index (χ1) is 12.4. The number of nitrogens with one attached hydrogen (secondary N) is 1. The Morgan fingerprint density at radius 3 is 2.81 bits per heavy atom. The number of thiazole rings is 1. The first-order valence-corrected chi connectivity index (χ1v) is 9.07. The molecule has 1 N–H and O–H groups in total. The molecule has 1 aromatic carbocycles. The average Bonchev–Trinajstić information content (AvgIpc) is 3.26. The number of rotatable bonds is 5. The molecule has 134 valence electrons. The molecule has 0 aliphatic rings. The Kier molecular flexibility index (Phi) is 5.61. The smallest absolute Gasteiger partial charge is 0.273 e. The third kappa shape index (κ3) is 4.24. The molecule has 2 amide bonds. The van der Waals surface area contributed by atoms with E-state index in [4.69, 9.17) is 27.6 Å². The molecular weight excluding hydrogens is 397 g/mol. The highest BCUT2D eigenvalue weighted by Gasteiger charge is 2.18. The number of aromatic nitrogens is 1. The predicted octanol–water partition coefficient (Wildman–Crippen LogP) is 4.57. The lowest BCUT2D eigenvalue weighted by Crippen LogP contribution is -2.26. The molecule has 2 aromatic heterocycles. The zero-order valence-corrected chi connectivity index (χ0v) is 15.9. The number of anilines is 1. The van der Waals surface area contributed by atoms with E-state index in [-0.39, 0.29) is 22.2 Å². The zero-order chi connectivity index (χ0) is 18.7. The van der Waals surface area contributed by atoms with Gasteiger partial charge in [-0.25, -0.2) is 4.98 Å². The van der Waals surface area contributed by atoms with Crippen LogP contribution in [0.3, 0.4) is 0 Å². The van der Waals surface area contributed by atoms with Gasteiger partial charge < -0.3 is 9.32 Å². The quantitative estimate of drug-likeness (QED) is 0.669. The molecule has 6 nitrogen and oxygen atoms in total. The van der Waals surface area contributed by atoms with Crippen LogP contribution < -0.4 is 5.32 Å². The van der Waals surface area contributed by atoms with Crippen molar-refractivity contribution in [2.24, 2.45) is 0 Å². The van der Waals surface area contributed by atoms with E-state index < -0.39 is 5.91 Å². The minimum Gasteiger partial charge on any atom is -0.467 e. The van der Waals surface area contributed by atoms with E-state index in [1.54, 1.807) is 36.9 Å². The van der Waals surface area contributed by atoms with Gasteiger partial charge in [0.05, 0.1) is 23.4 Å². The van der Waals surface area contributed by atoms with Gasteiger partial charge in [-0.3, -0.25) is 14.9 Å². The van der Waals surface area contributed by atoms with Crippen LogP contribution in [0, 0.1) is 0 Å². The fourth-order valence-electron chi connectivity index (χ4n) is 2.17. The lowest BCUT2D eigenvalue weighted by molar-refractivity contribution is 0.0770. The molecule has 2 heterocycles. The monoisotopic (exact) mass is 409 g/mol. The maximum atomic E-state index is 12.4. The standard InChI is InChI=1S/C17H13Cl2N3O3S/c1-22(8-11-3-2-6-25-11)16(24)14-9-26-17(20-14)21-15(23)12-5-4-10(18)7-13(12)19/h2-7,9H,8H2,1H3,(H,20,21,23). The van der Waals surface area contributed by atoms with E-state index >= 15 is 0 Å².